The average Bonchev–Trinajstić information content (AvgIpc) is 3.47. The molecule has 0 radical (unpaired) electrons. The monoisotopic (exact) mass is 623 g/mol. The fourth-order valence-corrected chi connectivity index (χ4v) is 3.96. The Hall–Kier alpha value is -3.36. The summed E-state index contributed by atoms with van der Waals surface area (Å²) < 4.78 is 32.0. The lowest BCUT2D eigenvalue weighted by Gasteiger charge is -2.21. The molecule has 2 amide bonds. The molecule has 0 spiro atoms. The van der Waals surface area contributed by atoms with Gasteiger partial charge in [-0.15, -0.1) is 0 Å². The van der Waals surface area contributed by atoms with Crippen molar-refractivity contribution in [2.75, 3.05) is 41.5 Å². The van der Waals surface area contributed by atoms with Crippen LogP contribution in [0.3, 0.4) is 0 Å². The number of aliphatic hydroxyl groups is 1. The molecule has 13 heteroatoms. The molecule has 0 aliphatic heterocycles. The van der Waals surface area contributed by atoms with Crippen molar-refractivity contribution >= 4 is 17.8 Å². The third-order valence-corrected chi connectivity index (χ3v) is 6.40. The molecule has 3 N–H and O–H groups in total. The van der Waals surface area contributed by atoms with Crippen molar-refractivity contribution in [2.24, 2.45) is 11.8 Å². The van der Waals surface area contributed by atoms with Crippen LogP contribution in [0.1, 0.15) is 57.4 Å². The minimum atomic E-state index is -0.848. The van der Waals surface area contributed by atoms with Crippen LogP contribution in [-0.4, -0.2) is 93.7 Å². The van der Waals surface area contributed by atoms with E-state index in [1.807, 2.05) is 45.9 Å². The summed E-state index contributed by atoms with van der Waals surface area (Å²) >= 11 is 0. The smallest absolute Gasteiger partial charge is 0.328 e. The van der Waals surface area contributed by atoms with Crippen LogP contribution in [0.2, 0.25) is 0 Å². The molecule has 1 aromatic rings. The number of ether oxygens (including phenoxy) is 5. The van der Waals surface area contributed by atoms with E-state index in [-0.39, 0.29) is 49.3 Å². The van der Waals surface area contributed by atoms with E-state index in [1.165, 1.54) is 40.6 Å². The SMILES string of the molecule is COCO[C@@H](Cc1nc(C(=O)N[C@H](C)C(=O)OC)co1)C[C@@H](/C=C(C)/C=C/CNC(=O)/C=C/[C@@H](C)[C@H](O)C(C)C)OCOC. The quantitative estimate of drug-likeness (QED) is 0.0797. The number of nitrogens with zero attached hydrogens (tertiary/aromatic N) is 1. The van der Waals surface area contributed by atoms with Crippen LogP contribution in [0.5, 0.6) is 0 Å². The summed E-state index contributed by atoms with van der Waals surface area (Å²) in [6.07, 6.45) is 9.12. The van der Waals surface area contributed by atoms with Crippen LogP contribution < -0.4 is 10.6 Å². The highest BCUT2D eigenvalue weighted by molar-refractivity contribution is 5.94. The number of carbonyl (C=O) groups is 3. The minimum absolute atomic E-state index is 0.0122. The summed E-state index contributed by atoms with van der Waals surface area (Å²) in [4.78, 5) is 40.4. The molecule has 1 heterocycles. The van der Waals surface area contributed by atoms with Gasteiger partial charge in [-0.1, -0.05) is 50.6 Å². The zero-order chi connectivity index (χ0) is 33.1. The molecule has 0 saturated carbocycles. The van der Waals surface area contributed by atoms with Gasteiger partial charge >= 0.3 is 5.97 Å². The number of aromatic nitrogens is 1. The van der Waals surface area contributed by atoms with Gasteiger partial charge in [-0.25, -0.2) is 9.78 Å². The van der Waals surface area contributed by atoms with Gasteiger partial charge in [-0.2, -0.15) is 0 Å². The Morgan fingerprint density at radius 2 is 1.73 bits per heavy atom. The summed E-state index contributed by atoms with van der Waals surface area (Å²) in [7, 11) is 4.26. The Morgan fingerprint density at radius 3 is 2.36 bits per heavy atom. The molecule has 248 valence electrons. The number of methoxy groups -OCH3 is 3. The van der Waals surface area contributed by atoms with Crippen molar-refractivity contribution in [3.8, 4) is 0 Å². The molecule has 0 fully saturated rings. The van der Waals surface area contributed by atoms with E-state index in [0.717, 1.165) is 5.57 Å². The van der Waals surface area contributed by atoms with Gasteiger partial charge in [0.05, 0.1) is 31.8 Å². The summed E-state index contributed by atoms with van der Waals surface area (Å²) in [5.74, 6) is -1.18. The highest BCUT2D eigenvalue weighted by Crippen LogP contribution is 2.17. The molecule has 5 atom stereocenters. The molecule has 1 rings (SSSR count). The van der Waals surface area contributed by atoms with E-state index in [9.17, 15) is 19.5 Å². The van der Waals surface area contributed by atoms with Crippen molar-refractivity contribution in [3.05, 3.63) is 53.8 Å². The Labute approximate surface area is 260 Å². The number of rotatable bonds is 21. The fourth-order valence-electron chi connectivity index (χ4n) is 3.96. The molecular formula is C31H49N3O10. The van der Waals surface area contributed by atoms with Crippen LogP contribution in [-0.2, 0) is 39.7 Å². The topological polar surface area (TPSA) is 168 Å². The molecule has 13 nitrogen and oxygen atoms in total. The van der Waals surface area contributed by atoms with Crippen LogP contribution in [0, 0.1) is 11.8 Å². The van der Waals surface area contributed by atoms with Crippen LogP contribution >= 0.6 is 0 Å². The van der Waals surface area contributed by atoms with Gasteiger partial charge in [0.2, 0.25) is 5.91 Å². The number of allylic oxidation sites excluding steroid dienone is 2. The van der Waals surface area contributed by atoms with Crippen molar-refractivity contribution in [2.45, 2.75) is 71.8 Å². The summed E-state index contributed by atoms with van der Waals surface area (Å²) in [5.41, 5.74) is 0.893. The van der Waals surface area contributed by atoms with E-state index in [0.29, 0.717) is 13.0 Å². The highest BCUT2D eigenvalue weighted by atomic mass is 16.7. The second kappa shape index (κ2) is 21.4. The Morgan fingerprint density at radius 1 is 1.05 bits per heavy atom. The van der Waals surface area contributed by atoms with Gasteiger partial charge in [0.1, 0.15) is 25.9 Å². The first kappa shape index (κ1) is 38.7. The summed E-state index contributed by atoms with van der Waals surface area (Å²) in [6, 6.07) is -0.848. The van der Waals surface area contributed by atoms with E-state index in [2.05, 4.69) is 20.4 Å². The fraction of sp³-hybridized carbons (Fsp3) is 0.613. The normalized spacial score (nSPS) is 15.7. The van der Waals surface area contributed by atoms with E-state index < -0.39 is 36.2 Å². The molecule has 0 aromatic carbocycles. The highest BCUT2D eigenvalue weighted by Gasteiger charge is 2.23. The van der Waals surface area contributed by atoms with E-state index >= 15 is 0 Å². The largest absolute Gasteiger partial charge is 0.467 e. The maximum atomic E-state index is 12.4. The van der Waals surface area contributed by atoms with Gasteiger partial charge in [0, 0.05) is 33.1 Å². The lowest BCUT2D eigenvalue weighted by Crippen LogP contribution is -2.39. The van der Waals surface area contributed by atoms with E-state index in [4.69, 9.17) is 23.4 Å². The first-order valence-corrected chi connectivity index (χ1v) is 14.4. The van der Waals surface area contributed by atoms with Crippen molar-refractivity contribution in [1.29, 1.82) is 0 Å². The minimum Gasteiger partial charge on any atom is -0.467 e. The Bertz CT molecular complexity index is 1100. The predicted molar refractivity (Wildman–Crippen MR) is 162 cm³/mol. The van der Waals surface area contributed by atoms with Crippen molar-refractivity contribution in [3.63, 3.8) is 0 Å². The number of amides is 2. The molecule has 44 heavy (non-hydrogen) atoms. The number of aliphatic hydroxyl groups excluding tert-OH is 1. The molecule has 0 aliphatic carbocycles. The number of hydrogen-bond acceptors (Lipinski definition) is 11. The average molecular weight is 624 g/mol. The van der Waals surface area contributed by atoms with Crippen LogP contribution in [0.15, 0.2) is 46.6 Å². The lowest BCUT2D eigenvalue weighted by atomic mass is 9.94. The third kappa shape index (κ3) is 15.4. The zero-order valence-electron chi connectivity index (χ0n) is 27.0. The number of hydrogen-bond donors (Lipinski definition) is 3. The zero-order valence-corrected chi connectivity index (χ0v) is 27.0. The van der Waals surface area contributed by atoms with Crippen molar-refractivity contribution < 1.29 is 47.6 Å². The molecule has 0 unspecified atom stereocenters. The van der Waals surface area contributed by atoms with Gasteiger partial charge < -0.3 is 43.8 Å². The molecule has 0 aliphatic rings. The van der Waals surface area contributed by atoms with Crippen molar-refractivity contribution in [1.82, 2.24) is 15.6 Å². The van der Waals surface area contributed by atoms with Crippen LogP contribution in [0.4, 0.5) is 0 Å². The third-order valence-electron chi connectivity index (χ3n) is 6.40. The molecular weight excluding hydrogens is 574 g/mol. The second-order valence-corrected chi connectivity index (χ2v) is 10.6. The molecule has 0 saturated heterocycles. The maximum Gasteiger partial charge on any atom is 0.328 e. The Kier molecular flexibility index (Phi) is 18.8. The summed E-state index contributed by atoms with van der Waals surface area (Å²) in [5, 5.41) is 15.4. The standard InChI is InChI=1S/C31H49N3O10/c1-20(2)29(36)22(4)11-12-27(35)32-13-9-10-21(3)14-24(43-18-39-6)15-25(44-19-40-7)16-28-34-26(17-42-28)30(37)33-23(5)31(38)41-8/h9-12,14,17,20,22-25,29,36H,13,15-16,18-19H2,1-8H3,(H,32,35)(H,33,37)/b10-9+,12-11+,21-14+/t22-,23-,24-,25-,29-/m1/s1. The second-order valence-electron chi connectivity index (χ2n) is 10.6. The number of oxazole rings is 1. The number of nitrogens with one attached hydrogen (secondary N) is 2. The van der Waals surface area contributed by atoms with Gasteiger partial charge in [0.25, 0.3) is 5.91 Å². The van der Waals surface area contributed by atoms with Gasteiger partial charge in [-0.3, -0.25) is 9.59 Å². The van der Waals surface area contributed by atoms with Crippen LogP contribution in [0.25, 0.3) is 0 Å². The Balaban J connectivity index is 2.83. The van der Waals surface area contributed by atoms with Gasteiger partial charge in [-0.05, 0) is 25.8 Å². The number of esters is 1. The first-order chi connectivity index (χ1) is 20.9. The first-order valence-electron chi connectivity index (χ1n) is 14.4. The summed E-state index contributed by atoms with van der Waals surface area (Å²) in [6.45, 7) is 9.50. The van der Waals surface area contributed by atoms with Gasteiger partial charge in [0.15, 0.2) is 11.6 Å². The molecule has 1 aromatic heterocycles. The lowest BCUT2D eigenvalue weighted by molar-refractivity contribution is -0.142. The van der Waals surface area contributed by atoms with E-state index in [1.54, 1.807) is 6.08 Å². The molecule has 0 bridgehead atoms. The maximum absolute atomic E-state index is 12.4. The number of carbonyl (C=O) groups excluding carboxylic acids is 3. The predicted octanol–water partition coefficient (Wildman–Crippen LogP) is 2.70.